The van der Waals surface area contributed by atoms with Crippen LogP contribution in [-0.2, 0) is 6.42 Å². The standard InChI is InChI=1S/C15H17N3O/c1-11-3-2-4-13(5-11)19-14-9-17-15(18-10-14)6-12-7-16-8-12/h2-5,9-10,12,16H,6-8H2,1H3. The highest BCUT2D eigenvalue weighted by Crippen LogP contribution is 2.21. The predicted octanol–water partition coefficient (Wildman–Crippen LogP) is 2.34. The Balaban J connectivity index is 1.65. The Hall–Kier alpha value is -1.94. The van der Waals surface area contributed by atoms with E-state index in [1.807, 2.05) is 31.2 Å². The molecule has 19 heavy (non-hydrogen) atoms. The lowest BCUT2D eigenvalue weighted by Crippen LogP contribution is -2.43. The number of nitrogens with zero attached hydrogens (tertiary/aromatic N) is 2. The van der Waals surface area contributed by atoms with Crippen LogP contribution in [0, 0.1) is 12.8 Å². The molecule has 4 nitrogen and oxygen atoms in total. The molecule has 0 radical (unpaired) electrons. The van der Waals surface area contributed by atoms with Crippen LogP contribution in [-0.4, -0.2) is 23.1 Å². The van der Waals surface area contributed by atoms with E-state index in [0.29, 0.717) is 11.7 Å². The smallest absolute Gasteiger partial charge is 0.164 e. The van der Waals surface area contributed by atoms with Crippen LogP contribution in [0.4, 0.5) is 0 Å². The van der Waals surface area contributed by atoms with E-state index >= 15 is 0 Å². The highest BCUT2D eigenvalue weighted by atomic mass is 16.5. The first-order chi connectivity index (χ1) is 9.29. The molecule has 0 unspecified atom stereocenters. The third-order valence-corrected chi connectivity index (χ3v) is 3.24. The molecular formula is C15H17N3O. The van der Waals surface area contributed by atoms with E-state index in [2.05, 4.69) is 15.3 Å². The lowest BCUT2D eigenvalue weighted by Gasteiger charge is -2.26. The first kappa shape index (κ1) is 12.1. The molecule has 0 amide bonds. The number of aryl methyl sites for hydroxylation is 1. The summed E-state index contributed by atoms with van der Waals surface area (Å²) in [6.45, 7) is 4.19. The number of hydrogen-bond acceptors (Lipinski definition) is 4. The summed E-state index contributed by atoms with van der Waals surface area (Å²) in [5, 5.41) is 3.25. The average molecular weight is 255 g/mol. The molecule has 2 heterocycles. The molecule has 1 aliphatic heterocycles. The van der Waals surface area contributed by atoms with Gasteiger partial charge in [0, 0.05) is 6.42 Å². The molecule has 98 valence electrons. The van der Waals surface area contributed by atoms with Gasteiger partial charge in [-0.3, -0.25) is 0 Å². The Bertz CT molecular complexity index is 550. The molecule has 3 rings (SSSR count). The second-order valence-electron chi connectivity index (χ2n) is 4.98. The zero-order valence-electron chi connectivity index (χ0n) is 11.0. The zero-order chi connectivity index (χ0) is 13.1. The van der Waals surface area contributed by atoms with Crippen LogP contribution >= 0.6 is 0 Å². The maximum Gasteiger partial charge on any atom is 0.164 e. The third kappa shape index (κ3) is 3.09. The molecule has 1 N–H and O–H groups in total. The van der Waals surface area contributed by atoms with Crippen molar-refractivity contribution in [2.24, 2.45) is 5.92 Å². The van der Waals surface area contributed by atoms with Gasteiger partial charge in [-0.1, -0.05) is 12.1 Å². The minimum atomic E-state index is 0.682. The van der Waals surface area contributed by atoms with Gasteiger partial charge in [0.1, 0.15) is 11.6 Å². The summed E-state index contributed by atoms with van der Waals surface area (Å²) in [4.78, 5) is 8.71. The van der Waals surface area contributed by atoms with E-state index in [1.165, 1.54) is 5.56 Å². The van der Waals surface area contributed by atoms with Gasteiger partial charge in [-0.2, -0.15) is 0 Å². The van der Waals surface area contributed by atoms with Gasteiger partial charge in [-0.05, 0) is 43.6 Å². The predicted molar refractivity (Wildman–Crippen MR) is 73.3 cm³/mol. The van der Waals surface area contributed by atoms with E-state index in [1.54, 1.807) is 12.4 Å². The summed E-state index contributed by atoms with van der Waals surface area (Å²) in [7, 11) is 0. The van der Waals surface area contributed by atoms with Gasteiger partial charge in [0.25, 0.3) is 0 Å². The number of rotatable bonds is 4. The van der Waals surface area contributed by atoms with Crippen molar-refractivity contribution >= 4 is 0 Å². The molecule has 0 bridgehead atoms. The SMILES string of the molecule is Cc1cccc(Oc2cnc(CC3CNC3)nc2)c1. The summed E-state index contributed by atoms with van der Waals surface area (Å²) in [5.41, 5.74) is 1.17. The maximum absolute atomic E-state index is 5.72. The van der Waals surface area contributed by atoms with Crippen LogP contribution in [0.2, 0.25) is 0 Å². The molecule has 1 saturated heterocycles. The van der Waals surface area contributed by atoms with Crippen molar-refractivity contribution < 1.29 is 4.74 Å². The third-order valence-electron chi connectivity index (χ3n) is 3.24. The van der Waals surface area contributed by atoms with Crippen LogP contribution in [0.5, 0.6) is 11.5 Å². The largest absolute Gasteiger partial charge is 0.454 e. The molecule has 0 atom stereocenters. The van der Waals surface area contributed by atoms with E-state index in [4.69, 9.17) is 4.74 Å². The summed E-state index contributed by atoms with van der Waals surface area (Å²) in [6.07, 6.45) is 4.44. The normalized spacial score (nSPS) is 15.0. The molecule has 0 spiro atoms. The zero-order valence-corrected chi connectivity index (χ0v) is 11.0. The highest BCUT2D eigenvalue weighted by Gasteiger charge is 2.18. The quantitative estimate of drug-likeness (QED) is 0.911. The molecule has 4 heteroatoms. The van der Waals surface area contributed by atoms with E-state index in [-0.39, 0.29) is 0 Å². The Kier molecular flexibility index (Phi) is 3.42. The van der Waals surface area contributed by atoms with Crippen molar-refractivity contribution in [1.82, 2.24) is 15.3 Å². The molecule has 2 aromatic rings. The lowest BCUT2D eigenvalue weighted by atomic mass is 9.99. The monoisotopic (exact) mass is 255 g/mol. The van der Waals surface area contributed by atoms with Crippen molar-refractivity contribution in [3.63, 3.8) is 0 Å². The fourth-order valence-electron chi connectivity index (χ4n) is 2.07. The van der Waals surface area contributed by atoms with Crippen LogP contribution in [0.1, 0.15) is 11.4 Å². The van der Waals surface area contributed by atoms with Crippen molar-refractivity contribution in [1.29, 1.82) is 0 Å². The topological polar surface area (TPSA) is 47.0 Å². The second-order valence-corrected chi connectivity index (χ2v) is 4.98. The summed E-state index contributed by atoms with van der Waals surface area (Å²) in [5.74, 6) is 3.08. The van der Waals surface area contributed by atoms with Crippen LogP contribution < -0.4 is 10.1 Å². The van der Waals surface area contributed by atoms with Gasteiger partial charge in [-0.25, -0.2) is 9.97 Å². The van der Waals surface area contributed by atoms with Gasteiger partial charge in [0.05, 0.1) is 12.4 Å². The summed E-state index contributed by atoms with van der Waals surface area (Å²) in [6, 6.07) is 7.94. The Morgan fingerprint density at radius 2 is 2.00 bits per heavy atom. The first-order valence-electron chi connectivity index (χ1n) is 6.56. The minimum Gasteiger partial charge on any atom is -0.454 e. The van der Waals surface area contributed by atoms with Crippen molar-refractivity contribution in [2.45, 2.75) is 13.3 Å². The van der Waals surface area contributed by atoms with Crippen LogP contribution in [0.15, 0.2) is 36.7 Å². The van der Waals surface area contributed by atoms with E-state index in [0.717, 1.165) is 31.1 Å². The van der Waals surface area contributed by atoms with Crippen LogP contribution in [0.25, 0.3) is 0 Å². The molecular weight excluding hydrogens is 238 g/mol. The average Bonchev–Trinajstić information content (AvgIpc) is 2.36. The van der Waals surface area contributed by atoms with Crippen LogP contribution in [0.3, 0.4) is 0 Å². The molecule has 0 aliphatic carbocycles. The fourth-order valence-corrected chi connectivity index (χ4v) is 2.07. The molecule has 1 aromatic carbocycles. The van der Waals surface area contributed by atoms with Gasteiger partial charge in [0.2, 0.25) is 0 Å². The second kappa shape index (κ2) is 5.36. The number of benzene rings is 1. The number of nitrogens with one attached hydrogen (secondary N) is 1. The van der Waals surface area contributed by atoms with E-state index in [9.17, 15) is 0 Å². The number of hydrogen-bond donors (Lipinski definition) is 1. The Labute approximate surface area is 112 Å². The summed E-state index contributed by atoms with van der Waals surface area (Å²) < 4.78 is 5.72. The first-order valence-corrected chi connectivity index (χ1v) is 6.56. The number of ether oxygens (including phenoxy) is 1. The maximum atomic E-state index is 5.72. The van der Waals surface area contributed by atoms with E-state index < -0.39 is 0 Å². The molecule has 1 aliphatic rings. The van der Waals surface area contributed by atoms with Gasteiger partial charge in [0.15, 0.2) is 5.75 Å². The minimum absolute atomic E-state index is 0.682. The molecule has 1 aromatic heterocycles. The van der Waals surface area contributed by atoms with Gasteiger partial charge < -0.3 is 10.1 Å². The number of aromatic nitrogens is 2. The highest BCUT2D eigenvalue weighted by molar-refractivity contribution is 5.31. The Morgan fingerprint density at radius 3 is 2.63 bits per heavy atom. The van der Waals surface area contributed by atoms with Gasteiger partial charge in [-0.15, -0.1) is 0 Å². The van der Waals surface area contributed by atoms with Crippen molar-refractivity contribution in [3.8, 4) is 11.5 Å². The summed E-state index contributed by atoms with van der Waals surface area (Å²) >= 11 is 0. The Morgan fingerprint density at radius 1 is 1.21 bits per heavy atom. The molecule has 1 fully saturated rings. The van der Waals surface area contributed by atoms with Gasteiger partial charge >= 0.3 is 0 Å². The van der Waals surface area contributed by atoms with Crippen molar-refractivity contribution in [3.05, 3.63) is 48.0 Å². The molecule has 0 saturated carbocycles. The lowest BCUT2D eigenvalue weighted by molar-refractivity contribution is 0.340. The van der Waals surface area contributed by atoms with Crippen molar-refractivity contribution in [2.75, 3.05) is 13.1 Å². The fraction of sp³-hybridized carbons (Fsp3) is 0.333.